The summed E-state index contributed by atoms with van der Waals surface area (Å²) in [5, 5.41) is 3.65. The first-order valence-corrected chi connectivity index (χ1v) is 8.87. The number of amides is 1. The molecule has 2 N–H and O–H groups in total. The summed E-state index contributed by atoms with van der Waals surface area (Å²) in [5.41, 5.74) is 1.48. The van der Waals surface area contributed by atoms with Crippen LogP contribution in [0.2, 0.25) is 0 Å². The molecule has 1 aliphatic heterocycles. The van der Waals surface area contributed by atoms with Gasteiger partial charge in [-0.25, -0.2) is 4.79 Å². The summed E-state index contributed by atoms with van der Waals surface area (Å²) in [6, 6.07) is 5.58. The van der Waals surface area contributed by atoms with E-state index >= 15 is 0 Å². The number of hydrogen-bond acceptors (Lipinski definition) is 5. The Balaban J connectivity index is 1.82. The number of hydrogen-bond donors (Lipinski definition) is 2. The lowest BCUT2D eigenvalue weighted by Gasteiger charge is -2.31. The summed E-state index contributed by atoms with van der Waals surface area (Å²) >= 11 is 3.43. The number of esters is 1. The number of ether oxygens (including phenoxy) is 1. The number of H-pyrrole nitrogens is 1. The van der Waals surface area contributed by atoms with E-state index in [1.54, 1.807) is 0 Å². The normalized spacial score (nSPS) is 16.1. The van der Waals surface area contributed by atoms with Crippen LogP contribution in [-0.4, -0.2) is 73.5 Å². The highest BCUT2D eigenvalue weighted by molar-refractivity contribution is 9.10. The number of carbonyl (C=O) groups excluding carboxylic acids is 2. The molecule has 1 fully saturated rings. The van der Waals surface area contributed by atoms with Crippen molar-refractivity contribution in [2.24, 2.45) is 0 Å². The zero-order valence-corrected chi connectivity index (χ0v) is 15.9. The molecule has 0 spiro atoms. The molecule has 0 bridgehead atoms. The van der Waals surface area contributed by atoms with E-state index in [0.717, 1.165) is 41.6 Å². The van der Waals surface area contributed by atoms with Gasteiger partial charge < -0.3 is 19.9 Å². The number of benzene rings is 1. The molecule has 0 unspecified atom stereocenters. The Morgan fingerprint density at radius 3 is 2.68 bits per heavy atom. The van der Waals surface area contributed by atoms with E-state index in [1.807, 2.05) is 18.2 Å². The molecule has 7 nitrogen and oxygen atoms in total. The zero-order chi connectivity index (χ0) is 18.0. The third-order valence-corrected chi connectivity index (χ3v) is 4.87. The molecular weight excluding hydrogens is 388 g/mol. The Morgan fingerprint density at radius 2 is 2.00 bits per heavy atom. The monoisotopic (exact) mass is 408 g/mol. The van der Waals surface area contributed by atoms with Crippen LogP contribution >= 0.6 is 15.9 Å². The molecule has 8 heteroatoms. The van der Waals surface area contributed by atoms with Crippen LogP contribution in [0.1, 0.15) is 10.5 Å². The van der Waals surface area contributed by atoms with Gasteiger partial charge in [-0.2, -0.15) is 0 Å². The molecule has 134 valence electrons. The first kappa shape index (κ1) is 17.9. The lowest BCUT2D eigenvalue weighted by molar-refractivity contribution is -0.117. The smallest absolute Gasteiger partial charge is 0.356 e. The van der Waals surface area contributed by atoms with Gasteiger partial charge in [0.05, 0.1) is 19.3 Å². The second-order valence-corrected chi connectivity index (χ2v) is 7.10. The summed E-state index contributed by atoms with van der Waals surface area (Å²) in [7, 11) is 3.39. The van der Waals surface area contributed by atoms with E-state index in [4.69, 9.17) is 4.74 Å². The number of likely N-dealkylation sites (N-methyl/N-ethyl adjacent to an activating group) is 1. The van der Waals surface area contributed by atoms with E-state index in [1.165, 1.54) is 7.11 Å². The minimum absolute atomic E-state index is 0.143. The number of fused-ring (bicyclic) bond motifs is 1. The van der Waals surface area contributed by atoms with Crippen LogP contribution in [-0.2, 0) is 9.53 Å². The van der Waals surface area contributed by atoms with E-state index in [2.05, 4.69) is 43.1 Å². The van der Waals surface area contributed by atoms with Crippen LogP contribution in [0.5, 0.6) is 0 Å². The molecule has 1 aromatic carbocycles. The largest absolute Gasteiger partial charge is 0.464 e. The van der Waals surface area contributed by atoms with Crippen molar-refractivity contribution < 1.29 is 14.3 Å². The second kappa shape index (κ2) is 7.55. The predicted molar refractivity (Wildman–Crippen MR) is 99.9 cm³/mol. The van der Waals surface area contributed by atoms with Crippen molar-refractivity contribution in [1.82, 2.24) is 14.8 Å². The highest BCUT2D eigenvalue weighted by Gasteiger charge is 2.22. The maximum absolute atomic E-state index is 12.5. The minimum Gasteiger partial charge on any atom is -0.464 e. The molecule has 0 aliphatic carbocycles. The van der Waals surface area contributed by atoms with Crippen molar-refractivity contribution in [1.29, 1.82) is 0 Å². The van der Waals surface area contributed by atoms with Crippen molar-refractivity contribution >= 4 is 44.4 Å². The van der Waals surface area contributed by atoms with Gasteiger partial charge in [-0.05, 0) is 25.2 Å². The number of aromatic nitrogens is 1. The number of methoxy groups -OCH3 is 1. The van der Waals surface area contributed by atoms with Gasteiger partial charge in [0, 0.05) is 41.6 Å². The zero-order valence-electron chi connectivity index (χ0n) is 14.3. The summed E-state index contributed by atoms with van der Waals surface area (Å²) in [6.45, 7) is 3.90. The first-order chi connectivity index (χ1) is 12.0. The Kier molecular flexibility index (Phi) is 5.41. The van der Waals surface area contributed by atoms with Crippen LogP contribution in [0, 0.1) is 0 Å². The molecule has 1 saturated heterocycles. The van der Waals surface area contributed by atoms with Crippen molar-refractivity contribution in [2.75, 3.05) is 52.2 Å². The fourth-order valence-electron chi connectivity index (χ4n) is 2.94. The number of nitrogens with one attached hydrogen (secondary N) is 2. The van der Waals surface area contributed by atoms with Crippen molar-refractivity contribution in [3.63, 3.8) is 0 Å². The quantitative estimate of drug-likeness (QED) is 0.755. The van der Waals surface area contributed by atoms with E-state index in [-0.39, 0.29) is 11.6 Å². The number of anilines is 1. The Hall–Kier alpha value is -1.90. The van der Waals surface area contributed by atoms with Gasteiger partial charge in [-0.3, -0.25) is 9.69 Å². The van der Waals surface area contributed by atoms with Gasteiger partial charge >= 0.3 is 5.97 Å². The highest BCUT2D eigenvalue weighted by atomic mass is 79.9. The van der Waals surface area contributed by atoms with Gasteiger partial charge in [-0.15, -0.1) is 0 Å². The van der Waals surface area contributed by atoms with E-state index in [0.29, 0.717) is 12.2 Å². The number of nitrogens with zero attached hydrogens (tertiary/aromatic N) is 2. The maximum atomic E-state index is 12.5. The first-order valence-electron chi connectivity index (χ1n) is 8.08. The summed E-state index contributed by atoms with van der Waals surface area (Å²) in [4.78, 5) is 31.9. The van der Waals surface area contributed by atoms with Crippen molar-refractivity contribution in [3.8, 4) is 0 Å². The molecule has 1 aliphatic rings. The summed E-state index contributed by atoms with van der Waals surface area (Å²) in [5.74, 6) is -0.655. The van der Waals surface area contributed by atoms with Crippen LogP contribution in [0.4, 0.5) is 5.69 Å². The van der Waals surface area contributed by atoms with Crippen LogP contribution in [0.15, 0.2) is 22.7 Å². The molecule has 3 rings (SSSR count). The molecule has 2 aromatic rings. The molecule has 0 atom stereocenters. The summed E-state index contributed by atoms with van der Waals surface area (Å²) < 4.78 is 5.70. The highest BCUT2D eigenvalue weighted by Crippen LogP contribution is 2.30. The molecule has 2 heterocycles. The molecule has 25 heavy (non-hydrogen) atoms. The van der Waals surface area contributed by atoms with Crippen LogP contribution in [0.25, 0.3) is 10.9 Å². The second-order valence-electron chi connectivity index (χ2n) is 6.18. The third-order valence-electron chi connectivity index (χ3n) is 4.38. The van der Waals surface area contributed by atoms with Gasteiger partial charge in [-0.1, -0.05) is 15.9 Å². The third kappa shape index (κ3) is 4.02. The predicted octanol–water partition coefficient (Wildman–Crippen LogP) is 1.90. The average Bonchev–Trinajstić information content (AvgIpc) is 2.94. The number of halogens is 1. The summed E-state index contributed by atoms with van der Waals surface area (Å²) in [6.07, 6.45) is 0. The van der Waals surface area contributed by atoms with Gasteiger partial charge in [0.25, 0.3) is 0 Å². The number of rotatable bonds is 4. The Morgan fingerprint density at radius 1 is 1.28 bits per heavy atom. The molecular formula is C17H21BrN4O3. The van der Waals surface area contributed by atoms with E-state index in [9.17, 15) is 9.59 Å². The topological polar surface area (TPSA) is 77.7 Å². The Bertz CT molecular complexity index is 797. The van der Waals surface area contributed by atoms with Crippen LogP contribution in [0.3, 0.4) is 0 Å². The molecule has 1 amide bonds. The van der Waals surface area contributed by atoms with Crippen molar-refractivity contribution in [2.45, 2.75) is 0 Å². The Labute approximate surface area is 154 Å². The minimum atomic E-state index is -0.512. The van der Waals surface area contributed by atoms with Gasteiger partial charge in [0.1, 0.15) is 5.69 Å². The van der Waals surface area contributed by atoms with E-state index < -0.39 is 5.97 Å². The number of carbonyl (C=O) groups is 2. The average molecular weight is 409 g/mol. The molecule has 1 aromatic heterocycles. The van der Waals surface area contributed by atoms with Gasteiger partial charge in [0.15, 0.2) is 0 Å². The van der Waals surface area contributed by atoms with Gasteiger partial charge in [0.2, 0.25) is 5.91 Å². The maximum Gasteiger partial charge on any atom is 0.356 e. The molecule has 0 radical (unpaired) electrons. The van der Waals surface area contributed by atoms with Crippen LogP contribution < -0.4 is 5.32 Å². The lowest BCUT2D eigenvalue weighted by atomic mass is 10.2. The fraction of sp³-hybridized carbons (Fsp3) is 0.412. The fourth-order valence-corrected chi connectivity index (χ4v) is 3.30. The standard InChI is InChI=1S/C17H21BrN4O3/c1-21-5-7-22(8-6-21)10-14(23)20-15-12-9-11(18)3-4-13(12)19-16(15)17(24)25-2/h3-4,9,19H,5-8,10H2,1-2H3,(H,20,23). The SMILES string of the molecule is COC(=O)c1[nH]c2ccc(Br)cc2c1NC(=O)CN1CCN(C)CC1. The lowest BCUT2D eigenvalue weighted by Crippen LogP contribution is -2.47. The number of piperazine rings is 1. The molecule has 0 saturated carbocycles. The van der Waals surface area contributed by atoms with Crippen molar-refractivity contribution in [3.05, 3.63) is 28.4 Å². The number of aromatic amines is 1.